The lowest BCUT2D eigenvalue weighted by Gasteiger charge is -2.39. The second kappa shape index (κ2) is 26.6. The topological polar surface area (TPSA) is 135 Å². The zero-order valence-electron chi connectivity index (χ0n) is 26.8. The van der Waals surface area contributed by atoms with Gasteiger partial charge in [0.2, 0.25) is 0 Å². The highest BCUT2D eigenvalue weighted by atomic mass is 16.7. The van der Waals surface area contributed by atoms with Crippen LogP contribution >= 0.6 is 0 Å². The molecule has 42 heavy (non-hydrogen) atoms. The summed E-state index contributed by atoms with van der Waals surface area (Å²) < 4.78 is 22.3. The number of hydrogen-bond acceptors (Lipinski definition) is 9. The van der Waals surface area contributed by atoms with Crippen LogP contribution in [0.4, 0.5) is 0 Å². The standard InChI is InChI=1S/C33H64O9/c1-3-5-7-8-9-10-11-12-13-14-15-16-17-18-19-20-21-23-39-25-27(41-29(35)22-6-4-2)26-40-33-32(38)31(37)30(36)28(24-34)42-33/h27-28,30-34,36-38H,3-26H2,1-2H3. The summed E-state index contributed by atoms with van der Waals surface area (Å²) >= 11 is 0. The number of hydrogen-bond donors (Lipinski definition) is 4. The molecule has 1 aliphatic heterocycles. The van der Waals surface area contributed by atoms with Crippen LogP contribution in [-0.2, 0) is 23.7 Å². The van der Waals surface area contributed by atoms with Crippen molar-refractivity contribution in [2.24, 2.45) is 0 Å². The molecule has 1 aliphatic rings. The van der Waals surface area contributed by atoms with E-state index in [0.717, 1.165) is 25.7 Å². The van der Waals surface area contributed by atoms with E-state index in [-0.39, 0.29) is 19.2 Å². The van der Waals surface area contributed by atoms with E-state index in [4.69, 9.17) is 18.9 Å². The van der Waals surface area contributed by atoms with E-state index in [9.17, 15) is 25.2 Å². The molecule has 4 N–H and O–H groups in total. The van der Waals surface area contributed by atoms with Gasteiger partial charge in [0.05, 0.1) is 19.8 Å². The van der Waals surface area contributed by atoms with Gasteiger partial charge in [-0.25, -0.2) is 0 Å². The van der Waals surface area contributed by atoms with Crippen molar-refractivity contribution in [3.05, 3.63) is 0 Å². The number of carbonyl (C=O) groups excluding carboxylic acids is 1. The summed E-state index contributed by atoms with van der Waals surface area (Å²) in [5.74, 6) is -0.347. The van der Waals surface area contributed by atoms with E-state index in [0.29, 0.717) is 13.0 Å². The smallest absolute Gasteiger partial charge is 0.306 e. The number of carbonyl (C=O) groups is 1. The summed E-state index contributed by atoms with van der Waals surface area (Å²) in [6.45, 7) is 4.32. The molecule has 9 heteroatoms. The third kappa shape index (κ3) is 18.8. The molecule has 9 nitrogen and oxygen atoms in total. The Hall–Kier alpha value is -0.810. The molecule has 6 unspecified atom stereocenters. The van der Waals surface area contributed by atoms with Crippen molar-refractivity contribution in [1.82, 2.24) is 0 Å². The van der Waals surface area contributed by atoms with E-state index in [1.807, 2.05) is 6.92 Å². The minimum absolute atomic E-state index is 0.112. The monoisotopic (exact) mass is 604 g/mol. The van der Waals surface area contributed by atoms with Crippen LogP contribution in [0.25, 0.3) is 0 Å². The van der Waals surface area contributed by atoms with E-state index >= 15 is 0 Å². The van der Waals surface area contributed by atoms with Gasteiger partial charge in [-0.3, -0.25) is 4.79 Å². The first kappa shape index (κ1) is 39.2. The molecule has 0 radical (unpaired) electrons. The Morgan fingerprint density at radius 3 is 1.67 bits per heavy atom. The van der Waals surface area contributed by atoms with Crippen LogP contribution in [0.1, 0.15) is 142 Å². The molecular weight excluding hydrogens is 540 g/mol. The summed E-state index contributed by atoms with van der Waals surface area (Å²) in [7, 11) is 0. The predicted octanol–water partition coefficient (Wildman–Crippen LogP) is 5.57. The molecule has 0 aromatic rings. The molecule has 0 bridgehead atoms. The maximum atomic E-state index is 12.2. The number of aliphatic hydroxyl groups excluding tert-OH is 4. The van der Waals surface area contributed by atoms with Crippen LogP contribution in [0.3, 0.4) is 0 Å². The van der Waals surface area contributed by atoms with Crippen molar-refractivity contribution in [2.75, 3.05) is 26.4 Å². The fraction of sp³-hybridized carbons (Fsp3) is 0.970. The summed E-state index contributed by atoms with van der Waals surface area (Å²) in [6, 6.07) is 0. The Labute approximate surface area is 255 Å². The molecular formula is C33H64O9. The highest BCUT2D eigenvalue weighted by molar-refractivity contribution is 5.69. The summed E-state index contributed by atoms with van der Waals surface area (Å²) in [6.07, 6.45) is 16.7. The average Bonchev–Trinajstić information content (AvgIpc) is 2.99. The van der Waals surface area contributed by atoms with Crippen molar-refractivity contribution in [1.29, 1.82) is 0 Å². The molecule has 250 valence electrons. The van der Waals surface area contributed by atoms with Crippen molar-refractivity contribution >= 4 is 5.97 Å². The minimum atomic E-state index is -1.53. The van der Waals surface area contributed by atoms with E-state index in [2.05, 4.69) is 6.92 Å². The average molecular weight is 605 g/mol. The predicted molar refractivity (Wildman–Crippen MR) is 164 cm³/mol. The first-order valence-electron chi connectivity index (χ1n) is 17.1. The lowest BCUT2D eigenvalue weighted by molar-refractivity contribution is -0.305. The zero-order valence-corrected chi connectivity index (χ0v) is 26.8. The number of ether oxygens (including phenoxy) is 4. The highest BCUT2D eigenvalue weighted by Crippen LogP contribution is 2.22. The van der Waals surface area contributed by atoms with Crippen LogP contribution in [-0.4, -0.2) is 89.6 Å². The lowest BCUT2D eigenvalue weighted by atomic mass is 9.99. The molecule has 0 spiro atoms. The number of aliphatic hydroxyl groups is 4. The van der Waals surface area contributed by atoms with Gasteiger partial charge in [-0.05, 0) is 12.8 Å². The molecule has 6 atom stereocenters. The van der Waals surface area contributed by atoms with E-state index < -0.39 is 43.4 Å². The van der Waals surface area contributed by atoms with Gasteiger partial charge in [0.25, 0.3) is 0 Å². The van der Waals surface area contributed by atoms with Crippen LogP contribution in [0.2, 0.25) is 0 Å². The fourth-order valence-electron chi connectivity index (χ4n) is 5.23. The first-order chi connectivity index (χ1) is 20.4. The molecule has 1 fully saturated rings. The number of unbranched alkanes of at least 4 members (excludes halogenated alkanes) is 17. The molecule has 0 saturated carbocycles. The SMILES string of the molecule is CCCCCCCCCCCCCCCCCCCOCC(COC1OC(CO)C(O)C(O)C1O)OC(=O)CCCC. The molecule has 0 aromatic carbocycles. The van der Waals surface area contributed by atoms with Gasteiger partial charge in [0, 0.05) is 13.0 Å². The van der Waals surface area contributed by atoms with Gasteiger partial charge in [0.15, 0.2) is 6.29 Å². The largest absolute Gasteiger partial charge is 0.457 e. The molecule has 1 rings (SSSR count). The van der Waals surface area contributed by atoms with E-state index in [1.54, 1.807) is 0 Å². The second-order valence-electron chi connectivity index (χ2n) is 12.0. The third-order valence-electron chi connectivity index (χ3n) is 8.02. The van der Waals surface area contributed by atoms with Crippen molar-refractivity contribution in [3.8, 4) is 0 Å². The quantitative estimate of drug-likeness (QED) is 0.0667. The number of esters is 1. The maximum Gasteiger partial charge on any atom is 0.306 e. The van der Waals surface area contributed by atoms with Crippen molar-refractivity contribution in [3.63, 3.8) is 0 Å². The number of rotatable bonds is 28. The van der Waals surface area contributed by atoms with Gasteiger partial charge < -0.3 is 39.4 Å². The van der Waals surface area contributed by atoms with Crippen molar-refractivity contribution in [2.45, 2.75) is 179 Å². The molecule has 0 amide bonds. The molecule has 1 saturated heterocycles. The third-order valence-corrected chi connectivity index (χ3v) is 8.02. The summed E-state index contributed by atoms with van der Waals surface area (Å²) in [5.41, 5.74) is 0. The van der Waals surface area contributed by atoms with E-state index in [1.165, 1.54) is 96.3 Å². The van der Waals surface area contributed by atoms with Crippen LogP contribution in [0.15, 0.2) is 0 Å². The highest BCUT2D eigenvalue weighted by Gasteiger charge is 2.44. The Kier molecular flexibility index (Phi) is 24.8. The van der Waals surface area contributed by atoms with Gasteiger partial charge in [-0.15, -0.1) is 0 Å². The van der Waals surface area contributed by atoms with Crippen LogP contribution < -0.4 is 0 Å². The van der Waals surface area contributed by atoms with Gasteiger partial charge in [-0.2, -0.15) is 0 Å². The van der Waals surface area contributed by atoms with Crippen molar-refractivity contribution < 1.29 is 44.2 Å². The Bertz CT molecular complexity index is 618. The first-order valence-corrected chi connectivity index (χ1v) is 17.1. The normalized spacial score (nSPS) is 23.2. The lowest BCUT2D eigenvalue weighted by Crippen LogP contribution is -2.59. The zero-order chi connectivity index (χ0) is 30.8. The van der Waals surface area contributed by atoms with Crippen LogP contribution in [0.5, 0.6) is 0 Å². The Morgan fingerprint density at radius 2 is 1.17 bits per heavy atom. The molecule has 1 heterocycles. The molecule has 0 aliphatic carbocycles. The Morgan fingerprint density at radius 1 is 0.667 bits per heavy atom. The molecule has 0 aromatic heterocycles. The second-order valence-corrected chi connectivity index (χ2v) is 12.0. The minimum Gasteiger partial charge on any atom is -0.457 e. The van der Waals surface area contributed by atoms with Gasteiger partial charge in [0.1, 0.15) is 30.5 Å². The van der Waals surface area contributed by atoms with Gasteiger partial charge in [-0.1, -0.05) is 123 Å². The fourth-order valence-corrected chi connectivity index (χ4v) is 5.23. The summed E-state index contributed by atoms with van der Waals surface area (Å²) in [4.78, 5) is 12.2. The summed E-state index contributed by atoms with van der Waals surface area (Å²) in [5, 5.41) is 39.5. The van der Waals surface area contributed by atoms with Crippen LogP contribution in [0, 0.1) is 0 Å². The Balaban J connectivity index is 2.14. The maximum absolute atomic E-state index is 12.2. The van der Waals surface area contributed by atoms with Gasteiger partial charge >= 0.3 is 5.97 Å².